The van der Waals surface area contributed by atoms with Gasteiger partial charge in [-0.15, -0.1) is 6.58 Å². The molecule has 0 unspecified atom stereocenters. The van der Waals surface area contributed by atoms with Crippen LogP contribution < -0.4 is 10.6 Å². The number of benzene rings is 1. The molecule has 0 aliphatic rings. The van der Waals surface area contributed by atoms with E-state index in [1.54, 1.807) is 6.07 Å². The molecule has 0 aromatic heterocycles. The Bertz CT molecular complexity index is 547. The predicted molar refractivity (Wildman–Crippen MR) is 67.9 cm³/mol. The summed E-state index contributed by atoms with van der Waals surface area (Å²) in [6.07, 6.45) is -3.12. The second kappa shape index (κ2) is 6.73. The van der Waals surface area contributed by atoms with Crippen LogP contribution in [0.4, 0.5) is 18.9 Å². The van der Waals surface area contributed by atoms with E-state index in [4.69, 9.17) is 5.26 Å². The molecule has 0 spiro atoms. The molecule has 4 nitrogen and oxygen atoms in total. The van der Waals surface area contributed by atoms with Gasteiger partial charge in [0.1, 0.15) is 0 Å². The van der Waals surface area contributed by atoms with Crippen LogP contribution in [-0.2, 0) is 11.0 Å². The van der Waals surface area contributed by atoms with E-state index in [0.717, 1.165) is 6.07 Å². The van der Waals surface area contributed by atoms with Crippen molar-refractivity contribution in [3.63, 3.8) is 0 Å². The number of amides is 1. The van der Waals surface area contributed by atoms with Gasteiger partial charge in [0.25, 0.3) is 0 Å². The molecule has 1 rings (SSSR count). The molecule has 0 atom stereocenters. The molecule has 106 valence electrons. The highest BCUT2D eigenvalue weighted by molar-refractivity contribution is 5.93. The number of anilines is 1. The predicted octanol–water partition coefficient (Wildman–Crippen LogP) is 2.29. The molecule has 1 amide bonds. The first-order valence-corrected chi connectivity index (χ1v) is 5.61. The molecular formula is C13H12F3N3O. The molecule has 0 saturated carbocycles. The summed E-state index contributed by atoms with van der Waals surface area (Å²) >= 11 is 0. The number of alkyl halides is 3. The number of hydrogen-bond acceptors (Lipinski definition) is 3. The number of carbonyl (C=O) groups is 1. The van der Waals surface area contributed by atoms with Crippen LogP contribution in [0.2, 0.25) is 0 Å². The van der Waals surface area contributed by atoms with Gasteiger partial charge in [0, 0.05) is 6.54 Å². The summed E-state index contributed by atoms with van der Waals surface area (Å²) in [6.45, 7) is 3.67. The first kappa shape index (κ1) is 15.7. The summed E-state index contributed by atoms with van der Waals surface area (Å²) in [5.74, 6) is -0.609. The van der Waals surface area contributed by atoms with Crippen molar-refractivity contribution in [3.8, 4) is 6.07 Å². The number of nitriles is 1. The minimum absolute atomic E-state index is 0.125. The fourth-order valence-corrected chi connectivity index (χ4v) is 1.44. The van der Waals surface area contributed by atoms with E-state index < -0.39 is 17.6 Å². The number of nitrogens with zero attached hydrogens (tertiary/aromatic N) is 1. The van der Waals surface area contributed by atoms with Gasteiger partial charge in [-0.05, 0) is 18.2 Å². The highest BCUT2D eigenvalue weighted by atomic mass is 19.4. The normalized spacial score (nSPS) is 10.7. The van der Waals surface area contributed by atoms with Crippen molar-refractivity contribution in [2.75, 3.05) is 18.4 Å². The van der Waals surface area contributed by atoms with Crippen molar-refractivity contribution in [3.05, 3.63) is 42.0 Å². The molecule has 7 heteroatoms. The quantitative estimate of drug-likeness (QED) is 0.643. The third kappa shape index (κ3) is 4.40. The Kier molecular flexibility index (Phi) is 5.29. The van der Waals surface area contributed by atoms with Gasteiger partial charge in [-0.25, -0.2) is 0 Å². The van der Waals surface area contributed by atoms with Crippen molar-refractivity contribution in [1.29, 1.82) is 5.26 Å². The van der Waals surface area contributed by atoms with E-state index in [1.165, 1.54) is 12.1 Å². The molecule has 20 heavy (non-hydrogen) atoms. The van der Waals surface area contributed by atoms with Gasteiger partial charge in [-0.3, -0.25) is 4.79 Å². The van der Waals surface area contributed by atoms with E-state index in [2.05, 4.69) is 17.2 Å². The minimum atomic E-state index is -4.65. The van der Waals surface area contributed by atoms with Crippen LogP contribution in [0.15, 0.2) is 30.9 Å². The molecule has 0 bridgehead atoms. The van der Waals surface area contributed by atoms with E-state index >= 15 is 0 Å². The zero-order valence-electron chi connectivity index (χ0n) is 10.4. The molecule has 0 aliphatic heterocycles. The summed E-state index contributed by atoms with van der Waals surface area (Å²) in [7, 11) is 0. The Morgan fingerprint density at radius 1 is 1.45 bits per heavy atom. The molecule has 0 radical (unpaired) electrons. The fraction of sp³-hybridized carbons (Fsp3) is 0.231. The molecular weight excluding hydrogens is 271 g/mol. The Balaban J connectivity index is 2.92. The van der Waals surface area contributed by atoms with Crippen LogP contribution in [0.1, 0.15) is 11.1 Å². The molecule has 1 aromatic carbocycles. The van der Waals surface area contributed by atoms with Crippen LogP contribution in [0.25, 0.3) is 0 Å². The Morgan fingerprint density at radius 3 is 2.70 bits per heavy atom. The van der Waals surface area contributed by atoms with Crippen LogP contribution >= 0.6 is 0 Å². The average molecular weight is 283 g/mol. The summed E-state index contributed by atoms with van der Waals surface area (Å²) < 4.78 is 38.5. The summed E-state index contributed by atoms with van der Waals surface area (Å²) in [5, 5.41) is 13.5. The Hall–Kier alpha value is -2.33. The lowest BCUT2D eigenvalue weighted by molar-refractivity contribution is -0.137. The van der Waals surface area contributed by atoms with Gasteiger partial charge >= 0.3 is 6.18 Å². The third-order valence-corrected chi connectivity index (χ3v) is 2.30. The van der Waals surface area contributed by atoms with Gasteiger partial charge < -0.3 is 10.6 Å². The molecule has 1 aromatic rings. The van der Waals surface area contributed by atoms with Crippen LogP contribution in [0.5, 0.6) is 0 Å². The molecule has 0 saturated heterocycles. The lowest BCUT2D eigenvalue weighted by Gasteiger charge is -2.14. The Labute approximate surface area is 113 Å². The highest BCUT2D eigenvalue weighted by Gasteiger charge is 2.34. The molecule has 2 N–H and O–H groups in total. The van der Waals surface area contributed by atoms with Gasteiger partial charge in [-0.2, -0.15) is 18.4 Å². The van der Waals surface area contributed by atoms with Gasteiger partial charge in [0.15, 0.2) is 0 Å². The monoisotopic (exact) mass is 283 g/mol. The van der Waals surface area contributed by atoms with E-state index in [9.17, 15) is 18.0 Å². The van der Waals surface area contributed by atoms with Crippen LogP contribution in [0.3, 0.4) is 0 Å². The largest absolute Gasteiger partial charge is 0.418 e. The number of carbonyl (C=O) groups excluding carboxylic acids is 1. The van der Waals surface area contributed by atoms with Gasteiger partial charge in [0.2, 0.25) is 5.91 Å². The summed E-state index contributed by atoms with van der Waals surface area (Å²) in [4.78, 5) is 11.5. The smallest absolute Gasteiger partial charge is 0.324 e. The topological polar surface area (TPSA) is 64.9 Å². The van der Waals surface area contributed by atoms with E-state index in [0.29, 0.717) is 12.6 Å². The SMILES string of the molecule is C=CCNCC(=O)Nc1ccc(C#N)cc1C(F)(F)F. The maximum Gasteiger partial charge on any atom is 0.418 e. The zero-order valence-corrected chi connectivity index (χ0v) is 10.4. The number of nitrogens with one attached hydrogen (secondary N) is 2. The molecule has 0 heterocycles. The fourth-order valence-electron chi connectivity index (χ4n) is 1.44. The van der Waals surface area contributed by atoms with Crippen molar-refractivity contribution >= 4 is 11.6 Å². The average Bonchev–Trinajstić information content (AvgIpc) is 2.38. The number of hydrogen-bond donors (Lipinski definition) is 2. The summed E-state index contributed by atoms with van der Waals surface area (Å²) in [5.41, 5.74) is -1.55. The maximum atomic E-state index is 12.8. The van der Waals surface area contributed by atoms with Gasteiger partial charge in [-0.1, -0.05) is 6.08 Å². The maximum absolute atomic E-state index is 12.8. The lowest BCUT2D eigenvalue weighted by atomic mass is 10.1. The second-order valence-corrected chi connectivity index (χ2v) is 3.84. The third-order valence-electron chi connectivity index (χ3n) is 2.30. The lowest BCUT2D eigenvalue weighted by Crippen LogP contribution is -2.29. The van der Waals surface area contributed by atoms with Gasteiger partial charge in [0.05, 0.1) is 29.4 Å². The van der Waals surface area contributed by atoms with E-state index in [-0.39, 0.29) is 17.8 Å². The van der Waals surface area contributed by atoms with Crippen LogP contribution in [0, 0.1) is 11.3 Å². The first-order chi connectivity index (χ1) is 9.38. The van der Waals surface area contributed by atoms with Crippen LogP contribution in [-0.4, -0.2) is 19.0 Å². The summed E-state index contributed by atoms with van der Waals surface area (Å²) in [6, 6.07) is 4.60. The zero-order chi connectivity index (χ0) is 15.2. The van der Waals surface area contributed by atoms with Crippen molar-refractivity contribution < 1.29 is 18.0 Å². The Morgan fingerprint density at radius 2 is 2.15 bits per heavy atom. The standard InChI is InChI=1S/C13H12F3N3O/c1-2-5-18-8-12(20)19-11-4-3-9(7-17)6-10(11)13(14,15)16/h2-4,6,18H,1,5,8H2,(H,19,20). The van der Waals surface area contributed by atoms with Crippen molar-refractivity contribution in [2.24, 2.45) is 0 Å². The first-order valence-electron chi connectivity index (χ1n) is 5.61. The molecule has 0 fully saturated rings. The highest BCUT2D eigenvalue weighted by Crippen LogP contribution is 2.35. The van der Waals surface area contributed by atoms with Crippen molar-refractivity contribution in [1.82, 2.24) is 5.32 Å². The number of halogens is 3. The number of rotatable bonds is 5. The second-order valence-electron chi connectivity index (χ2n) is 3.84. The van der Waals surface area contributed by atoms with E-state index in [1.807, 2.05) is 0 Å². The minimum Gasteiger partial charge on any atom is -0.324 e. The molecule has 0 aliphatic carbocycles. The van der Waals surface area contributed by atoms with Crippen molar-refractivity contribution in [2.45, 2.75) is 6.18 Å².